The third kappa shape index (κ3) is 4.53. The summed E-state index contributed by atoms with van der Waals surface area (Å²) in [5.74, 6) is 0.679. The van der Waals surface area contributed by atoms with Crippen molar-refractivity contribution >= 4 is 45.8 Å². The molecular formula is C18H15Cl2N3O2. The molecule has 1 heterocycles. The lowest BCUT2D eigenvalue weighted by molar-refractivity contribution is 0.247. The van der Waals surface area contributed by atoms with E-state index in [-0.39, 0.29) is 6.03 Å². The molecule has 7 heteroatoms. The number of benzene rings is 2. The zero-order chi connectivity index (χ0) is 17.6. The number of hydrogen-bond donors (Lipinski definition) is 2. The first-order valence-corrected chi connectivity index (χ1v) is 8.35. The van der Waals surface area contributed by atoms with Crippen LogP contribution in [0.4, 0.5) is 10.5 Å². The van der Waals surface area contributed by atoms with Crippen molar-refractivity contribution < 1.29 is 9.53 Å². The molecule has 25 heavy (non-hydrogen) atoms. The monoisotopic (exact) mass is 375 g/mol. The summed E-state index contributed by atoms with van der Waals surface area (Å²) in [7, 11) is 0. The predicted molar refractivity (Wildman–Crippen MR) is 101 cm³/mol. The Kier molecular flexibility index (Phi) is 5.58. The molecule has 0 saturated heterocycles. The Balaban J connectivity index is 1.51. The first kappa shape index (κ1) is 17.3. The summed E-state index contributed by atoms with van der Waals surface area (Å²) >= 11 is 11.9. The van der Waals surface area contributed by atoms with E-state index in [1.807, 2.05) is 30.3 Å². The number of aromatic nitrogens is 1. The minimum Gasteiger partial charge on any atom is -0.489 e. The summed E-state index contributed by atoms with van der Waals surface area (Å²) in [5, 5.41) is 7.25. The number of pyridine rings is 1. The Hall–Kier alpha value is -2.50. The van der Waals surface area contributed by atoms with Crippen molar-refractivity contribution in [3.8, 4) is 5.75 Å². The van der Waals surface area contributed by atoms with Crippen LogP contribution in [0, 0.1) is 0 Å². The lowest BCUT2D eigenvalue weighted by atomic mass is 10.2. The molecule has 3 rings (SSSR count). The van der Waals surface area contributed by atoms with Crippen molar-refractivity contribution in [2.24, 2.45) is 0 Å². The number of nitrogens with zero attached hydrogens (tertiary/aromatic N) is 1. The Labute approximate surface area is 154 Å². The van der Waals surface area contributed by atoms with E-state index < -0.39 is 0 Å². The minimum absolute atomic E-state index is 0.312. The number of hydrogen-bond acceptors (Lipinski definition) is 3. The van der Waals surface area contributed by atoms with Gasteiger partial charge in [-0.3, -0.25) is 4.98 Å². The molecule has 1 aromatic heterocycles. The van der Waals surface area contributed by atoms with E-state index in [0.29, 0.717) is 34.6 Å². The van der Waals surface area contributed by atoms with Gasteiger partial charge in [-0.05, 0) is 30.3 Å². The largest absolute Gasteiger partial charge is 0.489 e. The van der Waals surface area contributed by atoms with Crippen LogP contribution in [0.3, 0.4) is 0 Å². The molecule has 2 amide bonds. The van der Waals surface area contributed by atoms with E-state index >= 15 is 0 Å². The second-order valence-corrected chi connectivity index (χ2v) is 6.03. The third-order valence-electron chi connectivity index (χ3n) is 3.42. The first-order chi connectivity index (χ1) is 12.1. The average molecular weight is 376 g/mol. The van der Waals surface area contributed by atoms with Crippen LogP contribution in [-0.4, -0.2) is 24.2 Å². The molecule has 0 radical (unpaired) electrons. The predicted octanol–water partition coefficient (Wildman–Crippen LogP) is 4.74. The fourth-order valence-corrected chi connectivity index (χ4v) is 2.61. The molecule has 0 aliphatic carbocycles. The molecule has 0 spiro atoms. The average Bonchev–Trinajstić information content (AvgIpc) is 2.62. The number of carbonyl (C=O) groups excluding carboxylic acids is 1. The van der Waals surface area contributed by atoms with Crippen LogP contribution >= 0.6 is 23.2 Å². The van der Waals surface area contributed by atoms with Crippen LogP contribution in [0.15, 0.2) is 54.7 Å². The van der Waals surface area contributed by atoms with E-state index in [2.05, 4.69) is 15.6 Å². The zero-order valence-electron chi connectivity index (χ0n) is 13.1. The van der Waals surface area contributed by atoms with Crippen LogP contribution in [0.5, 0.6) is 5.75 Å². The first-order valence-electron chi connectivity index (χ1n) is 7.60. The van der Waals surface area contributed by atoms with E-state index in [0.717, 1.165) is 10.9 Å². The van der Waals surface area contributed by atoms with Gasteiger partial charge in [0, 0.05) is 16.6 Å². The molecule has 0 aliphatic rings. The van der Waals surface area contributed by atoms with Crippen LogP contribution in [0.25, 0.3) is 10.9 Å². The molecule has 0 fully saturated rings. The molecule has 0 saturated carbocycles. The standard InChI is InChI=1S/C18H15Cl2N3O2/c19-13-6-7-14(20)15(11-13)23-18(24)22-9-10-25-16-5-1-3-12-4-2-8-21-17(12)16/h1-8,11H,9-10H2,(H2,22,23,24). The summed E-state index contributed by atoms with van der Waals surface area (Å²) in [6, 6.07) is 14.0. The number of carbonyl (C=O) groups is 1. The molecule has 128 valence electrons. The van der Waals surface area contributed by atoms with Crippen molar-refractivity contribution in [1.29, 1.82) is 0 Å². The van der Waals surface area contributed by atoms with E-state index in [1.54, 1.807) is 24.4 Å². The van der Waals surface area contributed by atoms with Gasteiger partial charge in [0.2, 0.25) is 0 Å². The maximum Gasteiger partial charge on any atom is 0.319 e. The highest BCUT2D eigenvalue weighted by molar-refractivity contribution is 6.35. The second-order valence-electron chi connectivity index (χ2n) is 5.18. The van der Waals surface area contributed by atoms with Gasteiger partial charge in [0.1, 0.15) is 17.9 Å². The van der Waals surface area contributed by atoms with Crippen molar-refractivity contribution in [2.75, 3.05) is 18.5 Å². The van der Waals surface area contributed by atoms with Crippen LogP contribution in [-0.2, 0) is 0 Å². The van der Waals surface area contributed by atoms with Crippen molar-refractivity contribution in [2.45, 2.75) is 0 Å². The number of rotatable bonds is 5. The van der Waals surface area contributed by atoms with Gasteiger partial charge >= 0.3 is 6.03 Å². The van der Waals surface area contributed by atoms with Crippen LogP contribution in [0.1, 0.15) is 0 Å². The minimum atomic E-state index is -0.385. The zero-order valence-corrected chi connectivity index (χ0v) is 14.6. The molecule has 3 aromatic rings. The van der Waals surface area contributed by atoms with Gasteiger partial charge in [0.15, 0.2) is 0 Å². The number of anilines is 1. The van der Waals surface area contributed by atoms with E-state index in [9.17, 15) is 4.79 Å². The van der Waals surface area contributed by atoms with E-state index in [4.69, 9.17) is 27.9 Å². The smallest absolute Gasteiger partial charge is 0.319 e. The summed E-state index contributed by atoms with van der Waals surface area (Å²) < 4.78 is 5.71. The Morgan fingerprint density at radius 2 is 1.96 bits per heavy atom. The highest BCUT2D eigenvalue weighted by Crippen LogP contribution is 2.25. The fourth-order valence-electron chi connectivity index (χ4n) is 2.28. The van der Waals surface area contributed by atoms with Crippen LogP contribution in [0.2, 0.25) is 10.0 Å². The third-order valence-corrected chi connectivity index (χ3v) is 3.98. The molecular weight excluding hydrogens is 361 g/mol. The van der Waals surface area contributed by atoms with Gasteiger partial charge in [-0.25, -0.2) is 4.79 Å². The number of urea groups is 1. The number of amides is 2. The maximum absolute atomic E-state index is 11.9. The molecule has 5 nitrogen and oxygen atoms in total. The number of para-hydroxylation sites is 1. The molecule has 0 aliphatic heterocycles. The number of halogens is 2. The van der Waals surface area contributed by atoms with Gasteiger partial charge in [-0.2, -0.15) is 0 Å². The summed E-state index contributed by atoms with van der Waals surface area (Å²) in [6.45, 7) is 0.639. The summed E-state index contributed by atoms with van der Waals surface area (Å²) in [6.07, 6.45) is 1.72. The molecule has 0 atom stereocenters. The summed E-state index contributed by atoms with van der Waals surface area (Å²) in [5.41, 5.74) is 1.24. The molecule has 2 aromatic carbocycles. The van der Waals surface area contributed by atoms with Gasteiger partial charge in [-0.15, -0.1) is 0 Å². The van der Waals surface area contributed by atoms with Gasteiger partial charge in [0.05, 0.1) is 17.3 Å². The van der Waals surface area contributed by atoms with Gasteiger partial charge < -0.3 is 15.4 Å². The number of fused-ring (bicyclic) bond motifs is 1. The molecule has 2 N–H and O–H groups in total. The lowest BCUT2D eigenvalue weighted by Crippen LogP contribution is -2.32. The van der Waals surface area contributed by atoms with E-state index in [1.165, 1.54) is 0 Å². The Bertz CT molecular complexity index is 897. The lowest BCUT2D eigenvalue weighted by Gasteiger charge is -2.11. The maximum atomic E-state index is 11.9. The molecule has 0 bridgehead atoms. The number of ether oxygens (including phenoxy) is 1. The Morgan fingerprint density at radius 1 is 1.12 bits per heavy atom. The van der Waals surface area contributed by atoms with Crippen molar-refractivity contribution in [1.82, 2.24) is 10.3 Å². The topological polar surface area (TPSA) is 63.2 Å². The van der Waals surface area contributed by atoms with Crippen molar-refractivity contribution in [3.63, 3.8) is 0 Å². The van der Waals surface area contributed by atoms with Crippen LogP contribution < -0.4 is 15.4 Å². The highest BCUT2D eigenvalue weighted by Gasteiger charge is 2.07. The van der Waals surface area contributed by atoms with Crippen molar-refractivity contribution in [3.05, 3.63) is 64.8 Å². The highest BCUT2D eigenvalue weighted by atomic mass is 35.5. The normalized spacial score (nSPS) is 10.5. The number of nitrogens with one attached hydrogen (secondary N) is 2. The SMILES string of the molecule is O=C(NCCOc1cccc2cccnc12)Nc1cc(Cl)ccc1Cl. The summed E-state index contributed by atoms with van der Waals surface area (Å²) in [4.78, 5) is 16.2. The second kappa shape index (κ2) is 8.05. The van der Waals surface area contributed by atoms with Gasteiger partial charge in [0.25, 0.3) is 0 Å². The van der Waals surface area contributed by atoms with Gasteiger partial charge in [-0.1, -0.05) is 41.4 Å². The Morgan fingerprint density at radius 3 is 2.84 bits per heavy atom. The fraction of sp³-hybridized carbons (Fsp3) is 0.111. The quantitative estimate of drug-likeness (QED) is 0.632. The molecule has 0 unspecified atom stereocenters.